The van der Waals surface area contributed by atoms with Gasteiger partial charge in [0.15, 0.2) is 15.7 Å². The van der Waals surface area contributed by atoms with Crippen LogP contribution in [0.2, 0.25) is 0 Å². The molecule has 1 aliphatic carbocycles. The van der Waals surface area contributed by atoms with Crippen molar-refractivity contribution >= 4 is 9.84 Å². The van der Waals surface area contributed by atoms with Gasteiger partial charge in [-0.3, -0.25) is 4.98 Å². The number of nitrogens with zero attached hydrogens (tertiary/aromatic N) is 4. The molecule has 1 saturated carbocycles. The maximum absolute atomic E-state index is 11.7. The van der Waals surface area contributed by atoms with E-state index in [9.17, 15) is 8.42 Å². The first-order chi connectivity index (χ1) is 17.4. The first kappa shape index (κ1) is 24.0. The summed E-state index contributed by atoms with van der Waals surface area (Å²) < 4.78 is 37.6. The Morgan fingerprint density at radius 2 is 1.81 bits per heavy atom. The highest BCUT2D eigenvalue weighted by Gasteiger charge is 2.22. The van der Waals surface area contributed by atoms with E-state index >= 15 is 0 Å². The summed E-state index contributed by atoms with van der Waals surface area (Å²) in [6.45, 7) is 2.20. The Morgan fingerprint density at radius 1 is 1.03 bits per heavy atom. The number of hydrogen-bond donors (Lipinski definition) is 0. The van der Waals surface area contributed by atoms with Crippen molar-refractivity contribution in [3.63, 3.8) is 0 Å². The molecule has 186 valence electrons. The number of rotatable bonds is 8. The van der Waals surface area contributed by atoms with Gasteiger partial charge in [-0.2, -0.15) is 0 Å². The van der Waals surface area contributed by atoms with Crippen molar-refractivity contribution < 1.29 is 17.9 Å². The van der Waals surface area contributed by atoms with Crippen molar-refractivity contribution in [1.29, 1.82) is 0 Å². The average molecular weight is 505 g/mol. The van der Waals surface area contributed by atoms with Gasteiger partial charge in [-0.05, 0) is 85.7 Å². The largest absolute Gasteiger partial charge is 0.486 e. The molecule has 0 N–H and O–H groups in total. The smallest absolute Gasteiger partial charge is 0.322 e. The molecule has 1 aliphatic rings. The third-order valence-electron chi connectivity index (χ3n) is 6.34. The number of aromatic nitrogens is 4. The Bertz CT molecular complexity index is 1450. The number of ether oxygens (including phenoxy) is 2. The average Bonchev–Trinajstić information content (AvgIpc) is 3.53. The number of pyridine rings is 1. The maximum atomic E-state index is 11.7. The van der Waals surface area contributed by atoms with Crippen LogP contribution in [0, 0.1) is 6.92 Å². The van der Waals surface area contributed by atoms with Crippen molar-refractivity contribution in [2.45, 2.75) is 50.2 Å². The molecule has 0 amide bonds. The lowest BCUT2D eigenvalue weighted by Crippen LogP contribution is -2.15. The van der Waals surface area contributed by atoms with Crippen LogP contribution in [0.3, 0.4) is 0 Å². The highest BCUT2D eigenvalue weighted by molar-refractivity contribution is 7.90. The molecule has 36 heavy (non-hydrogen) atoms. The Kier molecular flexibility index (Phi) is 6.73. The van der Waals surface area contributed by atoms with E-state index < -0.39 is 9.84 Å². The molecule has 1 fully saturated rings. The number of benzene rings is 2. The molecule has 0 aliphatic heterocycles. The molecule has 0 radical (unpaired) electrons. The number of sulfone groups is 1. The van der Waals surface area contributed by atoms with E-state index in [1.807, 2.05) is 54.0 Å². The second-order valence-electron chi connectivity index (χ2n) is 9.03. The fourth-order valence-corrected chi connectivity index (χ4v) is 5.08. The molecule has 0 saturated heterocycles. The molecule has 0 atom stereocenters. The molecule has 0 unspecified atom stereocenters. The summed E-state index contributed by atoms with van der Waals surface area (Å²) in [4.78, 5) is 4.54. The molecule has 8 nitrogen and oxygen atoms in total. The van der Waals surface area contributed by atoms with E-state index in [0.717, 1.165) is 35.2 Å². The van der Waals surface area contributed by atoms with E-state index in [1.165, 1.54) is 19.1 Å². The second-order valence-corrected chi connectivity index (χ2v) is 11.0. The lowest BCUT2D eigenvalue weighted by molar-refractivity contribution is 0.187. The Balaban J connectivity index is 1.35. The zero-order valence-electron chi connectivity index (χ0n) is 20.3. The van der Waals surface area contributed by atoms with Gasteiger partial charge in [-0.15, -0.1) is 5.10 Å². The summed E-state index contributed by atoms with van der Waals surface area (Å²) >= 11 is 0. The Morgan fingerprint density at radius 3 is 2.47 bits per heavy atom. The minimum Gasteiger partial charge on any atom is -0.486 e. The molecule has 4 aromatic rings. The first-order valence-corrected chi connectivity index (χ1v) is 13.8. The van der Waals surface area contributed by atoms with Gasteiger partial charge in [0.25, 0.3) is 0 Å². The summed E-state index contributed by atoms with van der Waals surface area (Å²) in [5.41, 5.74) is 3.78. The minimum absolute atomic E-state index is 0.153. The number of aryl methyl sites for hydroxylation is 1. The third-order valence-corrected chi connectivity index (χ3v) is 7.47. The van der Waals surface area contributed by atoms with E-state index in [-0.39, 0.29) is 12.7 Å². The molecular formula is C27H28N4O4S. The lowest BCUT2D eigenvalue weighted by Gasteiger charge is -2.15. The SMILES string of the molecule is Cc1cc(OCc2nnc(OC3CCCC3)n2-c2cccnc2)ccc1-c1ccc(S(C)(=O)=O)cc1. The molecule has 5 rings (SSSR count). The van der Waals surface area contributed by atoms with Crippen LogP contribution >= 0.6 is 0 Å². The molecular weight excluding hydrogens is 476 g/mol. The van der Waals surface area contributed by atoms with Gasteiger partial charge < -0.3 is 9.47 Å². The fourth-order valence-electron chi connectivity index (χ4n) is 4.45. The van der Waals surface area contributed by atoms with Crippen LogP contribution in [-0.2, 0) is 16.4 Å². The van der Waals surface area contributed by atoms with E-state index in [2.05, 4.69) is 15.2 Å². The molecule has 2 aromatic carbocycles. The molecule has 2 aromatic heterocycles. The lowest BCUT2D eigenvalue weighted by atomic mass is 10.0. The van der Waals surface area contributed by atoms with Gasteiger partial charge in [0, 0.05) is 12.5 Å². The summed E-state index contributed by atoms with van der Waals surface area (Å²) in [5.74, 6) is 1.32. The van der Waals surface area contributed by atoms with Crippen LogP contribution in [0.25, 0.3) is 16.8 Å². The van der Waals surface area contributed by atoms with Crippen molar-refractivity contribution in [3.8, 4) is 28.6 Å². The highest BCUT2D eigenvalue weighted by atomic mass is 32.2. The Hall–Kier alpha value is -3.72. The van der Waals surface area contributed by atoms with Gasteiger partial charge >= 0.3 is 6.01 Å². The highest BCUT2D eigenvalue weighted by Crippen LogP contribution is 2.29. The summed E-state index contributed by atoms with van der Waals surface area (Å²) in [6, 6.07) is 17.0. The van der Waals surface area contributed by atoms with E-state index in [4.69, 9.17) is 9.47 Å². The van der Waals surface area contributed by atoms with Gasteiger partial charge in [0.2, 0.25) is 0 Å². The maximum Gasteiger partial charge on any atom is 0.322 e. The molecule has 0 spiro atoms. The van der Waals surface area contributed by atoms with Crippen molar-refractivity contribution in [2.24, 2.45) is 0 Å². The molecule has 9 heteroatoms. The van der Waals surface area contributed by atoms with Gasteiger partial charge in [0.05, 0.1) is 16.8 Å². The van der Waals surface area contributed by atoms with Crippen LogP contribution in [0.5, 0.6) is 11.8 Å². The van der Waals surface area contributed by atoms with Crippen LogP contribution in [0.4, 0.5) is 0 Å². The van der Waals surface area contributed by atoms with Crippen molar-refractivity contribution in [3.05, 3.63) is 78.4 Å². The van der Waals surface area contributed by atoms with E-state index in [0.29, 0.717) is 22.5 Å². The van der Waals surface area contributed by atoms with Crippen LogP contribution < -0.4 is 9.47 Å². The predicted molar refractivity (Wildman–Crippen MR) is 136 cm³/mol. The summed E-state index contributed by atoms with van der Waals surface area (Å²) in [6.07, 6.45) is 9.21. The fraction of sp³-hybridized carbons (Fsp3) is 0.296. The zero-order chi connectivity index (χ0) is 25.1. The standard InChI is InChI=1S/C27H28N4O4S/c1-19-16-23(11-14-25(19)20-9-12-24(13-10-20)36(2,32)33)34-18-26-29-30-27(35-22-7-3-4-8-22)31(26)21-6-5-15-28-17-21/h5-6,9-17,22H,3-4,7-8,18H2,1-2H3. The van der Waals surface area contributed by atoms with Gasteiger partial charge in [0.1, 0.15) is 18.5 Å². The molecule has 0 bridgehead atoms. The van der Waals surface area contributed by atoms with Gasteiger partial charge in [-0.1, -0.05) is 23.3 Å². The normalized spacial score (nSPS) is 14.2. The molecule has 2 heterocycles. The summed E-state index contributed by atoms with van der Waals surface area (Å²) in [5, 5.41) is 8.66. The first-order valence-electron chi connectivity index (χ1n) is 11.9. The zero-order valence-corrected chi connectivity index (χ0v) is 21.1. The Labute approximate surface area is 210 Å². The van der Waals surface area contributed by atoms with Gasteiger partial charge in [-0.25, -0.2) is 13.0 Å². The second kappa shape index (κ2) is 10.1. The minimum atomic E-state index is -3.23. The van der Waals surface area contributed by atoms with E-state index in [1.54, 1.807) is 24.5 Å². The topological polar surface area (TPSA) is 96.2 Å². The van der Waals surface area contributed by atoms with Crippen LogP contribution in [-0.4, -0.2) is 40.5 Å². The van der Waals surface area contributed by atoms with Crippen LogP contribution in [0.15, 0.2) is 71.9 Å². The summed E-state index contributed by atoms with van der Waals surface area (Å²) in [7, 11) is -3.23. The monoisotopic (exact) mass is 504 g/mol. The van der Waals surface area contributed by atoms with Crippen molar-refractivity contribution in [1.82, 2.24) is 19.7 Å². The quantitative estimate of drug-likeness (QED) is 0.335. The predicted octanol–water partition coefficient (Wildman–Crippen LogP) is 4.94. The van der Waals surface area contributed by atoms with Crippen LogP contribution in [0.1, 0.15) is 37.1 Å². The van der Waals surface area contributed by atoms with Crippen molar-refractivity contribution in [2.75, 3.05) is 6.26 Å². The number of hydrogen-bond acceptors (Lipinski definition) is 7. The third kappa shape index (κ3) is 5.26.